The lowest BCUT2D eigenvalue weighted by atomic mass is 10.2. The van der Waals surface area contributed by atoms with Gasteiger partial charge >= 0.3 is 0 Å². The minimum absolute atomic E-state index is 0.206. The van der Waals surface area contributed by atoms with Crippen molar-refractivity contribution >= 4 is 22.9 Å². The van der Waals surface area contributed by atoms with E-state index >= 15 is 0 Å². The first-order valence-corrected chi connectivity index (χ1v) is 8.99. The van der Waals surface area contributed by atoms with Gasteiger partial charge in [0, 0.05) is 18.2 Å². The first kappa shape index (κ1) is 19.5. The molecule has 0 atom stereocenters. The molecule has 136 valence electrons. The monoisotopic (exact) mass is 364 g/mol. The Balaban J connectivity index is 1.84. The Morgan fingerprint density at radius 3 is 2.88 bits per heavy atom. The van der Waals surface area contributed by atoms with Gasteiger partial charge in [-0.25, -0.2) is 4.98 Å². The second kappa shape index (κ2) is 10.2. The van der Waals surface area contributed by atoms with Crippen molar-refractivity contribution < 1.29 is 19.0 Å². The molecule has 0 unspecified atom stereocenters. The van der Waals surface area contributed by atoms with Gasteiger partial charge in [0.1, 0.15) is 10.7 Å². The highest BCUT2D eigenvalue weighted by molar-refractivity contribution is 7.09. The number of anilines is 1. The molecule has 0 aliphatic carbocycles. The second-order valence-electron chi connectivity index (χ2n) is 5.69. The summed E-state index contributed by atoms with van der Waals surface area (Å²) < 4.78 is 16.0. The fourth-order valence-electron chi connectivity index (χ4n) is 2.07. The van der Waals surface area contributed by atoms with Gasteiger partial charge in [-0.2, -0.15) is 0 Å². The average molecular weight is 364 g/mol. The number of nitrogens with zero attached hydrogens (tertiary/aromatic N) is 1. The standard InChI is InChI=1S/C18H24N2O4S/c1-13(2)24-8-7-23-10-14-5-4-6-15(9-14)19-18(21)16-12-25-17(20-16)11-22-3/h4-6,9,12-13H,7-8,10-11H2,1-3H3,(H,19,21). The van der Waals surface area contributed by atoms with E-state index in [1.165, 1.54) is 11.3 Å². The van der Waals surface area contributed by atoms with Crippen molar-refractivity contribution in [2.24, 2.45) is 0 Å². The summed E-state index contributed by atoms with van der Waals surface area (Å²) in [7, 11) is 1.60. The summed E-state index contributed by atoms with van der Waals surface area (Å²) in [5, 5.41) is 5.36. The zero-order valence-electron chi connectivity index (χ0n) is 14.8. The van der Waals surface area contributed by atoms with E-state index in [0.717, 1.165) is 10.6 Å². The number of rotatable bonds is 10. The van der Waals surface area contributed by atoms with E-state index < -0.39 is 0 Å². The molecule has 0 spiro atoms. The summed E-state index contributed by atoms with van der Waals surface area (Å²) in [6.07, 6.45) is 0.206. The molecule has 2 rings (SSSR count). The molecule has 1 heterocycles. The van der Waals surface area contributed by atoms with Crippen LogP contribution in [0.2, 0.25) is 0 Å². The third-order valence-electron chi connectivity index (χ3n) is 3.18. The third kappa shape index (κ3) is 6.91. The number of nitrogens with one attached hydrogen (secondary N) is 1. The first-order valence-electron chi connectivity index (χ1n) is 8.11. The summed E-state index contributed by atoms with van der Waals surface area (Å²) >= 11 is 1.41. The largest absolute Gasteiger partial charge is 0.378 e. The van der Waals surface area contributed by atoms with Crippen LogP contribution in [0.1, 0.15) is 34.9 Å². The van der Waals surface area contributed by atoms with Crippen LogP contribution in [-0.4, -0.2) is 37.3 Å². The van der Waals surface area contributed by atoms with Crippen LogP contribution in [0.25, 0.3) is 0 Å². The van der Waals surface area contributed by atoms with E-state index in [9.17, 15) is 4.79 Å². The summed E-state index contributed by atoms with van der Waals surface area (Å²) in [5.41, 5.74) is 2.09. The van der Waals surface area contributed by atoms with Gasteiger partial charge in [-0.1, -0.05) is 12.1 Å². The molecule has 25 heavy (non-hydrogen) atoms. The maximum atomic E-state index is 12.3. The molecule has 0 aliphatic heterocycles. The second-order valence-corrected chi connectivity index (χ2v) is 6.63. The molecular formula is C18H24N2O4S. The van der Waals surface area contributed by atoms with E-state index in [1.54, 1.807) is 12.5 Å². The number of hydrogen-bond donors (Lipinski definition) is 1. The van der Waals surface area contributed by atoms with Crippen molar-refractivity contribution in [3.63, 3.8) is 0 Å². The van der Waals surface area contributed by atoms with Crippen LogP contribution in [0, 0.1) is 0 Å². The van der Waals surface area contributed by atoms with Gasteiger partial charge in [-0.3, -0.25) is 4.79 Å². The van der Waals surface area contributed by atoms with Crippen LogP contribution in [-0.2, 0) is 27.4 Å². The third-order valence-corrected chi connectivity index (χ3v) is 4.01. The molecule has 1 amide bonds. The number of amides is 1. The molecule has 1 aromatic heterocycles. The normalized spacial score (nSPS) is 11.0. The molecule has 0 fully saturated rings. The van der Waals surface area contributed by atoms with Gasteiger partial charge in [0.05, 0.1) is 32.5 Å². The Labute approximate surface area is 152 Å². The molecule has 1 N–H and O–H groups in total. The molecule has 0 saturated heterocycles. The quantitative estimate of drug-likeness (QED) is 0.654. The Hall–Kier alpha value is -1.80. The Morgan fingerprint density at radius 2 is 2.12 bits per heavy atom. The summed E-state index contributed by atoms with van der Waals surface area (Å²) in [6.45, 7) is 5.97. The Morgan fingerprint density at radius 1 is 1.28 bits per heavy atom. The molecule has 0 aliphatic rings. The van der Waals surface area contributed by atoms with E-state index in [2.05, 4.69) is 10.3 Å². The topological polar surface area (TPSA) is 69.7 Å². The highest BCUT2D eigenvalue weighted by Crippen LogP contribution is 2.15. The van der Waals surface area contributed by atoms with E-state index in [1.807, 2.05) is 38.1 Å². The smallest absolute Gasteiger partial charge is 0.275 e. The minimum Gasteiger partial charge on any atom is -0.378 e. The van der Waals surface area contributed by atoms with Crippen LogP contribution in [0.15, 0.2) is 29.6 Å². The number of methoxy groups -OCH3 is 1. The van der Waals surface area contributed by atoms with Gasteiger partial charge in [0.15, 0.2) is 0 Å². The maximum absolute atomic E-state index is 12.3. The first-order chi connectivity index (χ1) is 12.1. The lowest BCUT2D eigenvalue weighted by Gasteiger charge is -2.09. The highest BCUT2D eigenvalue weighted by Gasteiger charge is 2.11. The van der Waals surface area contributed by atoms with Gasteiger partial charge in [0.2, 0.25) is 0 Å². The maximum Gasteiger partial charge on any atom is 0.275 e. The summed E-state index contributed by atoms with van der Waals surface area (Å²) in [6, 6.07) is 7.57. The summed E-state index contributed by atoms with van der Waals surface area (Å²) in [4.78, 5) is 16.5. The zero-order chi connectivity index (χ0) is 18.1. The van der Waals surface area contributed by atoms with Gasteiger partial charge in [0.25, 0.3) is 5.91 Å². The number of benzene rings is 1. The number of ether oxygens (including phenoxy) is 3. The van der Waals surface area contributed by atoms with Crippen molar-refractivity contribution in [3.8, 4) is 0 Å². The SMILES string of the molecule is COCc1nc(C(=O)Nc2cccc(COCCOC(C)C)c2)cs1. The molecule has 0 bridgehead atoms. The van der Waals surface area contributed by atoms with Gasteiger partial charge in [-0.05, 0) is 31.5 Å². The molecule has 2 aromatic rings. The molecule has 0 saturated carbocycles. The van der Waals surface area contributed by atoms with Crippen molar-refractivity contribution in [3.05, 3.63) is 45.9 Å². The van der Waals surface area contributed by atoms with Crippen LogP contribution < -0.4 is 5.32 Å². The number of carbonyl (C=O) groups excluding carboxylic acids is 1. The Kier molecular flexibility index (Phi) is 8.00. The van der Waals surface area contributed by atoms with E-state index in [-0.39, 0.29) is 12.0 Å². The highest BCUT2D eigenvalue weighted by atomic mass is 32.1. The Bertz CT molecular complexity index is 673. The summed E-state index contributed by atoms with van der Waals surface area (Å²) in [5.74, 6) is -0.234. The lowest BCUT2D eigenvalue weighted by molar-refractivity contribution is 0.0143. The molecule has 7 heteroatoms. The minimum atomic E-state index is -0.234. The van der Waals surface area contributed by atoms with Crippen LogP contribution in [0.3, 0.4) is 0 Å². The molecular weight excluding hydrogens is 340 g/mol. The molecule has 0 radical (unpaired) electrons. The lowest BCUT2D eigenvalue weighted by Crippen LogP contribution is -2.13. The average Bonchev–Trinajstić information content (AvgIpc) is 3.04. The molecule has 1 aromatic carbocycles. The van der Waals surface area contributed by atoms with Crippen LogP contribution in [0.4, 0.5) is 5.69 Å². The van der Waals surface area contributed by atoms with Crippen molar-refractivity contribution in [1.82, 2.24) is 4.98 Å². The number of carbonyl (C=O) groups is 1. The molecule has 6 nitrogen and oxygen atoms in total. The van der Waals surface area contributed by atoms with E-state index in [4.69, 9.17) is 14.2 Å². The van der Waals surface area contributed by atoms with Crippen molar-refractivity contribution in [2.45, 2.75) is 33.2 Å². The number of hydrogen-bond acceptors (Lipinski definition) is 6. The fourth-order valence-corrected chi connectivity index (χ4v) is 2.82. The predicted octanol–water partition coefficient (Wildman–Crippen LogP) is 3.48. The fraction of sp³-hybridized carbons (Fsp3) is 0.444. The predicted molar refractivity (Wildman–Crippen MR) is 98.0 cm³/mol. The van der Waals surface area contributed by atoms with Gasteiger partial charge < -0.3 is 19.5 Å². The van der Waals surface area contributed by atoms with Gasteiger partial charge in [-0.15, -0.1) is 11.3 Å². The number of aromatic nitrogens is 1. The number of thiazole rings is 1. The van der Waals surface area contributed by atoms with Crippen LogP contribution in [0.5, 0.6) is 0 Å². The van der Waals surface area contributed by atoms with Crippen molar-refractivity contribution in [1.29, 1.82) is 0 Å². The van der Waals surface area contributed by atoms with E-state index in [0.29, 0.717) is 37.8 Å². The zero-order valence-corrected chi connectivity index (χ0v) is 15.6. The van der Waals surface area contributed by atoms with Crippen LogP contribution >= 0.6 is 11.3 Å². The van der Waals surface area contributed by atoms with Crippen molar-refractivity contribution in [2.75, 3.05) is 25.6 Å².